The van der Waals surface area contributed by atoms with E-state index in [4.69, 9.17) is 0 Å². The third-order valence-corrected chi connectivity index (χ3v) is 0.381. The molecule has 0 aromatic heterocycles. The third-order valence-electron chi connectivity index (χ3n) is 0.245. The van der Waals surface area contributed by atoms with E-state index in [-0.39, 0.29) is 55.8 Å². The summed E-state index contributed by atoms with van der Waals surface area (Å²) < 4.78 is 0.00171. The van der Waals surface area contributed by atoms with Gasteiger partial charge < -0.3 is 29.7 Å². The van der Waals surface area contributed by atoms with Crippen LogP contribution in [-0.4, -0.2) is 11.0 Å². The zero-order chi connectivity index (χ0) is 5.70. The molecule has 0 fully saturated rings. The van der Waals surface area contributed by atoms with Crippen molar-refractivity contribution in [3.05, 3.63) is 0 Å². The van der Waals surface area contributed by atoms with Crippen molar-refractivity contribution in [2.24, 2.45) is 0 Å². The summed E-state index contributed by atoms with van der Waals surface area (Å²) in [5.41, 5.74) is 0. The molecule has 0 saturated carbocycles. The van der Waals surface area contributed by atoms with Crippen LogP contribution in [0, 0.1) is 0 Å². The van der Waals surface area contributed by atoms with Crippen LogP contribution in [0.25, 0.3) is 0 Å². The van der Waals surface area contributed by atoms with Crippen molar-refractivity contribution in [1.82, 2.24) is 0 Å². The molecular weight excluding hydrogens is 171 g/mol. The summed E-state index contributed by atoms with van der Waals surface area (Å²) in [4.78, 5) is 8.59. The standard InChI is InChI=1S/C3H6O2S2.K/c1-2-4-5-3(6)7;/h2H2,1H3,(H,6,7);/q;+1/p-1. The van der Waals surface area contributed by atoms with Gasteiger partial charge in [0, 0.05) is 0 Å². The fraction of sp³-hybridized carbons (Fsp3) is 0.667. The molecule has 0 aliphatic carbocycles. The average molecular weight is 176 g/mol. The van der Waals surface area contributed by atoms with E-state index in [1.165, 1.54) is 0 Å². The quantitative estimate of drug-likeness (QED) is 0.156. The third kappa shape index (κ3) is 10.6. The first kappa shape index (κ1) is 12.4. The second-order valence-corrected chi connectivity index (χ2v) is 1.74. The van der Waals surface area contributed by atoms with Gasteiger partial charge in [-0.2, -0.15) is 4.89 Å². The smallest absolute Gasteiger partial charge is 0.387 e. The van der Waals surface area contributed by atoms with E-state index < -0.39 is 0 Å². The number of hydrogen-bond donors (Lipinski definition) is 0. The molecule has 0 bridgehead atoms. The minimum Gasteiger partial charge on any atom is -0.387 e. The molecule has 42 valence electrons. The van der Waals surface area contributed by atoms with Gasteiger partial charge in [-0.05, 0) is 6.92 Å². The Morgan fingerprint density at radius 1 is 1.75 bits per heavy atom. The fourth-order valence-electron chi connectivity index (χ4n) is 0.107. The molecule has 0 aliphatic rings. The van der Waals surface area contributed by atoms with Gasteiger partial charge in [0.2, 0.25) is 0 Å². The van der Waals surface area contributed by atoms with Crippen molar-refractivity contribution in [2.45, 2.75) is 6.92 Å². The maximum absolute atomic E-state index is 4.35. The molecule has 0 rings (SSSR count). The molecule has 0 N–H and O–H groups in total. The van der Waals surface area contributed by atoms with E-state index >= 15 is 0 Å². The van der Waals surface area contributed by atoms with Crippen LogP contribution in [-0.2, 0) is 22.4 Å². The molecule has 0 aliphatic heterocycles. The summed E-state index contributed by atoms with van der Waals surface area (Å²) >= 11 is 8.66. The Bertz CT molecular complexity index is 68.3. The predicted octanol–water partition coefficient (Wildman–Crippen LogP) is -2.21. The van der Waals surface area contributed by atoms with E-state index in [9.17, 15) is 0 Å². The van der Waals surface area contributed by atoms with Gasteiger partial charge in [-0.25, -0.2) is 0 Å². The van der Waals surface area contributed by atoms with Gasteiger partial charge >= 0.3 is 51.4 Å². The van der Waals surface area contributed by atoms with Gasteiger partial charge in [-0.3, -0.25) is 0 Å². The van der Waals surface area contributed by atoms with Crippen molar-refractivity contribution in [1.29, 1.82) is 0 Å². The van der Waals surface area contributed by atoms with E-state index in [0.717, 1.165) is 0 Å². The minimum absolute atomic E-state index is 0. The minimum atomic E-state index is 0. The van der Waals surface area contributed by atoms with Crippen molar-refractivity contribution in [3.8, 4) is 0 Å². The van der Waals surface area contributed by atoms with Crippen molar-refractivity contribution in [3.63, 3.8) is 0 Å². The molecule has 5 heteroatoms. The summed E-state index contributed by atoms with van der Waals surface area (Å²) in [7, 11) is 0. The first-order valence-electron chi connectivity index (χ1n) is 1.77. The molecule has 8 heavy (non-hydrogen) atoms. The van der Waals surface area contributed by atoms with Gasteiger partial charge in [0.05, 0.1) is 11.0 Å². The molecule has 0 unspecified atom stereocenters. The van der Waals surface area contributed by atoms with Crippen LogP contribution in [0.3, 0.4) is 0 Å². The Morgan fingerprint density at radius 2 is 2.25 bits per heavy atom. The maximum atomic E-state index is 4.35. The van der Waals surface area contributed by atoms with Crippen LogP contribution in [0.1, 0.15) is 6.92 Å². The van der Waals surface area contributed by atoms with Gasteiger partial charge in [0.25, 0.3) is 0 Å². The first-order valence-corrected chi connectivity index (χ1v) is 2.59. The topological polar surface area (TPSA) is 18.5 Å². The molecule has 0 atom stereocenters. The summed E-state index contributed by atoms with van der Waals surface area (Å²) in [6.07, 6.45) is 0. The Balaban J connectivity index is 0. The van der Waals surface area contributed by atoms with E-state index in [1.807, 2.05) is 0 Å². The van der Waals surface area contributed by atoms with Crippen LogP contribution < -0.4 is 51.4 Å². The maximum Gasteiger partial charge on any atom is 1.00 e. The van der Waals surface area contributed by atoms with Gasteiger partial charge in [-0.1, -0.05) is 0 Å². The summed E-state index contributed by atoms with van der Waals surface area (Å²) in [6, 6.07) is 0. The molecule has 2 nitrogen and oxygen atoms in total. The molecule has 0 saturated heterocycles. The summed E-state index contributed by atoms with van der Waals surface area (Å²) in [5.74, 6) is 0. The SMILES string of the molecule is CCOOC(=S)[S-].[K+]. The Morgan fingerprint density at radius 3 is 2.38 bits per heavy atom. The average Bonchev–Trinajstić information content (AvgIpc) is 1.61. The normalized spacial score (nSPS) is 7.12. The second-order valence-electron chi connectivity index (χ2n) is 0.740. The second kappa shape index (κ2) is 8.71. The van der Waals surface area contributed by atoms with Crippen molar-refractivity contribution < 1.29 is 61.2 Å². The fourth-order valence-corrected chi connectivity index (χ4v) is 0.203. The van der Waals surface area contributed by atoms with Gasteiger partial charge in [0.1, 0.15) is 0 Å². The zero-order valence-corrected chi connectivity index (χ0v) is 9.60. The molecule has 0 radical (unpaired) electrons. The number of thiocarbonyl (C=S) groups is 1. The van der Waals surface area contributed by atoms with E-state index in [1.54, 1.807) is 6.92 Å². The predicted molar refractivity (Wildman–Crippen MR) is 32.7 cm³/mol. The monoisotopic (exact) mass is 176 g/mol. The largest absolute Gasteiger partial charge is 1.00 e. The zero-order valence-electron chi connectivity index (χ0n) is 4.84. The van der Waals surface area contributed by atoms with Crippen molar-refractivity contribution in [2.75, 3.05) is 6.61 Å². The number of hydrogen-bond acceptors (Lipinski definition) is 4. The van der Waals surface area contributed by atoms with Crippen molar-refractivity contribution >= 4 is 29.2 Å². The molecular formula is C3H5KO2S2. The Kier molecular flexibility index (Phi) is 13.5. The Labute approximate surface area is 102 Å². The summed E-state index contributed by atoms with van der Waals surface area (Å²) in [5, 5.41) is 0. The first-order chi connectivity index (χ1) is 3.27. The van der Waals surface area contributed by atoms with Crippen LogP contribution in [0.4, 0.5) is 0 Å². The van der Waals surface area contributed by atoms with E-state index in [0.29, 0.717) is 6.61 Å². The van der Waals surface area contributed by atoms with Crippen LogP contribution in [0.2, 0.25) is 0 Å². The van der Waals surface area contributed by atoms with Crippen LogP contribution >= 0.6 is 12.2 Å². The molecule has 0 spiro atoms. The number of rotatable bonds is 2. The van der Waals surface area contributed by atoms with Gasteiger partial charge in [0.15, 0.2) is 0 Å². The summed E-state index contributed by atoms with van der Waals surface area (Å²) in [6.45, 7) is 2.25. The molecule has 0 amide bonds. The van der Waals surface area contributed by atoms with Crippen LogP contribution in [0.5, 0.6) is 0 Å². The van der Waals surface area contributed by atoms with E-state index in [2.05, 4.69) is 34.6 Å². The van der Waals surface area contributed by atoms with Gasteiger partial charge in [-0.15, -0.1) is 0 Å². The molecule has 0 aromatic carbocycles. The van der Waals surface area contributed by atoms with Crippen LogP contribution in [0.15, 0.2) is 0 Å². The molecule has 0 aromatic rings. The Hall–Kier alpha value is 1.71. The molecule has 0 heterocycles.